The quantitative estimate of drug-likeness (QED) is 0.764. The van der Waals surface area contributed by atoms with Crippen molar-refractivity contribution < 1.29 is 24.4 Å². The molecule has 0 radical (unpaired) electrons. The third kappa shape index (κ3) is 2.42. The van der Waals surface area contributed by atoms with E-state index in [0.29, 0.717) is 0 Å². The highest BCUT2D eigenvalue weighted by atomic mass is 16.8. The molecular weight excluding hydrogens is 236 g/mol. The van der Waals surface area contributed by atoms with E-state index in [1.165, 1.54) is 0 Å². The number of rotatable bonds is 2. The molecule has 2 aliphatic rings. The van der Waals surface area contributed by atoms with Crippen molar-refractivity contribution in [3.63, 3.8) is 0 Å². The van der Waals surface area contributed by atoms with Gasteiger partial charge in [-0.2, -0.15) is 0 Å². The number of hydrogen-bond donors (Lipinski definition) is 2. The van der Waals surface area contributed by atoms with Crippen molar-refractivity contribution in [1.29, 1.82) is 0 Å². The molecule has 0 aromatic heterocycles. The number of hydrogen-bond acceptors (Lipinski definition) is 5. The highest BCUT2D eigenvalue weighted by Crippen LogP contribution is 2.38. The Labute approximate surface area is 108 Å². The zero-order valence-corrected chi connectivity index (χ0v) is 11.7. The summed E-state index contributed by atoms with van der Waals surface area (Å²) < 4.78 is 17.2. The van der Waals surface area contributed by atoms with Gasteiger partial charge in [0.25, 0.3) is 0 Å². The van der Waals surface area contributed by atoms with Gasteiger partial charge in [-0.25, -0.2) is 0 Å². The molecule has 18 heavy (non-hydrogen) atoms. The number of fused-ring (bicyclic) bond motifs is 1. The molecule has 2 heterocycles. The smallest absolute Gasteiger partial charge is 0.164 e. The molecule has 0 aliphatic carbocycles. The molecule has 2 N–H and O–H groups in total. The van der Waals surface area contributed by atoms with Gasteiger partial charge < -0.3 is 24.4 Å². The Kier molecular flexibility index (Phi) is 3.73. The van der Waals surface area contributed by atoms with Gasteiger partial charge in [0, 0.05) is 0 Å². The summed E-state index contributed by atoms with van der Waals surface area (Å²) in [6.07, 6.45) is -3.15. The SMILES string of the molecule is CC(C)[C@H](O)[C@H]1O[C@@H](C)[C@H]2OC(C)(C)O[C@H]2[C@@H]1O. The zero-order valence-electron chi connectivity index (χ0n) is 11.7. The van der Waals surface area contributed by atoms with Crippen LogP contribution in [-0.2, 0) is 14.2 Å². The first-order valence-electron chi connectivity index (χ1n) is 6.60. The van der Waals surface area contributed by atoms with Crippen LogP contribution in [0, 0.1) is 5.92 Å². The van der Waals surface area contributed by atoms with E-state index >= 15 is 0 Å². The first kappa shape index (κ1) is 14.2. The van der Waals surface area contributed by atoms with E-state index in [-0.39, 0.29) is 18.1 Å². The third-order valence-electron chi connectivity index (χ3n) is 3.69. The van der Waals surface area contributed by atoms with Gasteiger partial charge in [0.2, 0.25) is 0 Å². The van der Waals surface area contributed by atoms with Crippen LogP contribution in [0.5, 0.6) is 0 Å². The van der Waals surface area contributed by atoms with E-state index < -0.39 is 30.2 Å². The van der Waals surface area contributed by atoms with Crippen LogP contribution in [0.25, 0.3) is 0 Å². The molecule has 2 aliphatic heterocycles. The minimum Gasteiger partial charge on any atom is -0.390 e. The summed E-state index contributed by atoms with van der Waals surface area (Å²) in [5.74, 6) is -0.699. The third-order valence-corrected chi connectivity index (χ3v) is 3.69. The number of aliphatic hydroxyl groups is 2. The summed E-state index contributed by atoms with van der Waals surface area (Å²) in [7, 11) is 0. The predicted octanol–water partition coefficient (Wildman–Crippen LogP) is 0.672. The van der Waals surface area contributed by atoms with Crippen molar-refractivity contribution in [1.82, 2.24) is 0 Å². The Bertz CT molecular complexity index is 302. The molecule has 0 unspecified atom stereocenters. The van der Waals surface area contributed by atoms with E-state index in [1.807, 2.05) is 34.6 Å². The van der Waals surface area contributed by atoms with Crippen LogP contribution in [0.3, 0.4) is 0 Å². The fourth-order valence-corrected chi connectivity index (χ4v) is 2.70. The molecule has 2 rings (SSSR count). The van der Waals surface area contributed by atoms with Gasteiger partial charge in [-0.1, -0.05) is 13.8 Å². The van der Waals surface area contributed by atoms with Gasteiger partial charge in [-0.15, -0.1) is 0 Å². The van der Waals surface area contributed by atoms with E-state index in [4.69, 9.17) is 14.2 Å². The van der Waals surface area contributed by atoms with Crippen molar-refractivity contribution in [2.45, 2.75) is 77.0 Å². The summed E-state index contributed by atoms with van der Waals surface area (Å²) in [5, 5.41) is 20.4. The van der Waals surface area contributed by atoms with Gasteiger partial charge in [-0.3, -0.25) is 0 Å². The van der Waals surface area contributed by atoms with Gasteiger partial charge >= 0.3 is 0 Å². The summed E-state index contributed by atoms with van der Waals surface area (Å²) >= 11 is 0. The molecular formula is C13H24O5. The topological polar surface area (TPSA) is 68.2 Å². The van der Waals surface area contributed by atoms with Gasteiger partial charge in [0.1, 0.15) is 24.4 Å². The van der Waals surface area contributed by atoms with E-state index in [0.717, 1.165) is 0 Å². The Morgan fingerprint density at radius 3 is 2.22 bits per heavy atom. The highest BCUT2D eigenvalue weighted by Gasteiger charge is 2.54. The fraction of sp³-hybridized carbons (Fsp3) is 1.00. The maximum atomic E-state index is 10.3. The van der Waals surface area contributed by atoms with Crippen LogP contribution in [0.2, 0.25) is 0 Å². The Morgan fingerprint density at radius 2 is 1.67 bits per heavy atom. The van der Waals surface area contributed by atoms with E-state index in [2.05, 4.69) is 0 Å². The van der Waals surface area contributed by atoms with Crippen molar-refractivity contribution >= 4 is 0 Å². The second kappa shape index (κ2) is 4.72. The van der Waals surface area contributed by atoms with E-state index in [9.17, 15) is 10.2 Å². The second-order valence-corrected chi connectivity index (χ2v) is 6.10. The Morgan fingerprint density at radius 1 is 1.11 bits per heavy atom. The van der Waals surface area contributed by atoms with Crippen LogP contribution in [0.4, 0.5) is 0 Å². The molecule has 0 amide bonds. The Balaban J connectivity index is 2.16. The lowest BCUT2D eigenvalue weighted by molar-refractivity contribution is -0.215. The molecule has 2 fully saturated rings. The molecule has 6 atom stereocenters. The van der Waals surface area contributed by atoms with Crippen LogP contribution in [0.1, 0.15) is 34.6 Å². The minimum absolute atomic E-state index is 0.0173. The predicted molar refractivity (Wildman–Crippen MR) is 65.0 cm³/mol. The van der Waals surface area contributed by atoms with Crippen molar-refractivity contribution in [2.75, 3.05) is 0 Å². The van der Waals surface area contributed by atoms with Gasteiger partial charge in [0.05, 0.1) is 12.2 Å². The molecule has 2 saturated heterocycles. The molecule has 0 bridgehead atoms. The number of aliphatic hydroxyl groups excluding tert-OH is 2. The lowest BCUT2D eigenvalue weighted by Gasteiger charge is -2.41. The largest absolute Gasteiger partial charge is 0.390 e. The molecule has 0 saturated carbocycles. The maximum Gasteiger partial charge on any atom is 0.164 e. The minimum atomic E-state index is -0.870. The van der Waals surface area contributed by atoms with Crippen molar-refractivity contribution in [3.8, 4) is 0 Å². The molecule has 0 aromatic rings. The first-order chi connectivity index (χ1) is 8.23. The highest BCUT2D eigenvalue weighted by molar-refractivity contribution is 4.99. The normalized spacial score (nSPS) is 45.0. The summed E-state index contributed by atoms with van der Waals surface area (Å²) in [6.45, 7) is 9.31. The lowest BCUT2D eigenvalue weighted by Crippen LogP contribution is -2.59. The first-order valence-corrected chi connectivity index (χ1v) is 6.60. The average molecular weight is 260 g/mol. The van der Waals surface area contributed by atoms with Crippen LogP contribution in [0.15, 0.2) is 0 Å². The van der Waals surface area contributed by atoms with Crippen LogP contribution >= 0.6 is 0 Å². The van der Waals surface area contributed by atoms with Gasteiger partial charge in [0.15, 0.2) is 5.79 Å². The average Bonchev–Trinajstić information content (AvgIpc) is 2.59. The molecule has 0 spiro atoms. The monoisotopic (exact) mass is 260 g/mol. The molecule has 5 heteroatoms. The number of ether oxygens (including phenoxy) is 3. The van der Waals surface area contributed by atoms with E-state index in [1.54, 1.807) is 0 Å². The molecule has 106 valence electrons. The summed E-state index contributed by atoms with van der Waals surface area (Å²) in [6, 6.07) is 0. The van der Waals surface area contributed by atoms with Crippen LogP contribution in [-0.4, -0.2) is 52.6 Å². The lowest BCUT2D eigenvalue weighted by atomic mass is 9.89. The maximum absolute atomic E-state index is 10.3. The standard InChI is InChI=1S/C13H24O5/c1-6(2)8(14)11-9(15)12-10(7(3)16-11)17-13(4,5)18-12/h6-12,14-15H,1-5H3/t7-,8-,9+,10+,11+,12-/m0/s1. The van der Waals surface area contributed by atoms with Crippen molar-refractivity contribution in [3.05, 3.63) is 0 Å². The second-order valence-electron chi connectivity index (χ2n) is 6.10. The fourth-order valence-electron chi connectivity index (χ4n) is 2.70. The summed E-state index contributed by atoms with van der Waals surface area (Å²) in [5.41, 5.74) is 0. The molecule has 0 aromatic carbocycles. The van der Waals surface area contributed by atoms with Crippen molar-refractivity contribution in [2.24, 2.45) is 5.92 Å². The van der Waals surface area contributed by atoms with Crippen LogP contribution < -0.4 is 0 Å². The zero-order chi connectivity index (χ0) is 13.7. The molecule has 5 nitrogen and oxygen atoms in total. The Hall–Kier alpha value is -0.200. The summed E-state index contributed by atoms with van der Waals surface area (Å²) in [4.78, 5) is 0. The van der Waals surface area contributed by atoms with Gasteiger partial charge in [-0.05, 0) is 26.7 Å².